The Morgan fingerprint density at radius 1 is 1.32 bits per heavy atom. The molecule has 1 aromatic carbocycles. The predicted molar refractivity (Wildman–Crippen MR) is 86.2 cm³/mol. The summed E-state index contributed by atoms with van der Waals surface area (Å²) in [7, 11) is 3.24. The van der Waals surface area contributed by atoms with Crippen LogP contribution in [0.15, 0.2) is 18.2 Å². The van der Waals surface area contributed by atoms with Gasteiger partial charge in [0.15, 0.2) is 11.5 Å². The fourth-order valence-corrected chi connectivity index (χ4v) is 3.03. The molecule has 5 heteroatoms. The van der Waals surface area contributed by atoms with E-state index in [-0.39, 0.29) is 23.9 Å². The molecule has 3 N–H and O–H groups in total. The first kappa shape index (κ1) is 16.6. The van der Waals surface area contributed by atoms with E-state index in [2.05, 4.69) is 5.32 Å². The molecule has 0 heterocycles. The van der Waals surface area contributed by atoms with Gasteiger partial charge in [-0.3, -0.25) is 4.79 Å². The van der Waals surface area contributed by atoms with Crippen LogP contribution in [-0.2, 0) is 11.2 Å². The Morgan fingerprint density at radius 3 is 2.64 bits per heavy atom. The summed E-state index contributed by atoms with van der Waals surface area (Å²) >= 11 is 0. The lowest BCUT2D eigenvalue weighted by Gasteiger charge is -2.18. The molecule has 1 aliphatic carbocycles. The normalized spacial score (nSPS) is 22.2. The zero-order valence-corrected chi connectivity index (χ0v) is 13.6. The number of hydrogen-bond donors (Lipinski definition) is 2. The topological polar surface area (TPSA) is 73.6 Å². The second-order valence-electron chi connectivity index (χ2n) is 6.07. The van der Waals surface area contributed by atoms with Gasteiger partial charge in [-0.1, -0.05) is 6.07 Å². The van der Waals surface area contributed by atoms with Crippen LogP contribution in [0.2, 0.25) is 0 Å². The van der Waals surface area contributed by atoms with Crippen molar-refractivity contribution in [2.45, 2.75) is 44.7 Å². The number of rotatable bonds is 6. The monoisotopic (exact) mass is 306 g/mol. The van der Waals surface area contributed by atoms with Crippen molar-refractivity contribution >= 4 is 5.91 Å². The Balaban J connectivity index is 1.91. The number of ether oxygens (including phenoxy) is 2. The zero-order valence-electron chi connectivity index (χ0n) is 13.6. The van der Waals surface area contributed by atoms with Crippen molar-refractivity contribution < 1.29 is 14.3 Å². The van der Waals surface area contributed by atoms with E-state index in [1.54, 1.807) is 14.2 Å². The Kier molecular flexibility index (Phi) is 5.66. The fraction of sp³-hybridized carbons (Fsp3) is 0.588. The molecule has 1 saturated carbocycles. The molecule has 122 valence electrons. The quantitative estimate of drug-likeness (QED) is 0.841. The van der Waals surface area contributed by atoms with E-state index >= 15 is 0 Å². The summed E-state index contributed by atoms with van der Waals surface area (Å²) < 4.78 is 10.5. The van der Waals surface area contributed by atoms with Gasteiger partial charge in [0.1, 0.15) is 0 Å². The van der Waals surface area contributed by atoms with Gasteiger partial charge in [-0.05, 0) is 50.3 Å². The molecule has 3 unspecified atom stereocenters. The van der Waals surface area contributed by atoms with E-state index in [1.807, 2.05) is 25.1 Å². The number of nitrogens with two attached hydrogens (primary N) is 1. The summed E-state index contributed by atoms with van der Waals surface area (Å²) in [5, 5.41) is 3.09. The lowest BCUT2D eigenvalue weighted by Crippen LogP contribution is -2.38. The minimum atomic E-state index is 0.0717. The van der Waals surface area contributed by atoms with E-state index in [4.69, 9.17) is 15.2 Å². The highest BCUT2D eigenvalue weighted by atomic mass is 16.5. The Hall–Kier alpha value is -1.75. The molecular formula is C17H26N2O3. The van der Waals surface area contributed by atoms with E-state index in [0.29, 0.717) is 11.5 Å². The Morgan fingerprint density at radius 2 is 2.05 bits per heavy atom. The standard InChI is InChI=1S/C17H26N2O3/c1-11(19-17(20)13-5-6-14(18)10-13)8-12-4-7-15(21-2)16(9-12)22-3/h4,7,9,11,13-14H,5-6,8,10,18H2,1-3H3,(H,19,20). The average molecular weight is 306 g/mol. The van der Waals surface area contributed by atoms with E-state index < -0.39 is 0 Å². The van der Waals surface area contributed by atoms with Crippen LogP contribution in [0.3, 0.4) is 0 Å². The van der Waals surface area contributed by atoms with Crippen LogP contribution < -0.4 is 20.5 Å². The molecule has 2 rings (SSSR count). The summed E-state index contributed by atoms with van der Waals surface area (Å²) in [5.41, 5.74) is 6.98. The summed E-state index contributed by atoms with van der Waals surface area (Å²) in [5.74, 6) is 1.62. The van der Waals surface area contributed by atoms with Crippen LogP contribution in [0.4, 0.5) is 0 Å². The van der Waals surface area contributed by atoms with Crippen LogP contribution in [0.25, 0.3) is 0 Å². The summed E-state index contributed by atoms with van der Waals surface area (Å²) in [4.78, 5) is 12.2. The molecule has 0 aliphatic heterocycles. The van der Waals surface area contributed by atoms with Gasteiger partial charge in [-0.25, -0.2) is 0 Å². The Bertz CT molecular complexity index is 519. The first-order valence-corrected chi connectivity index (χ1v) is 7.80. The molecule has 0 aromatic heterocycles. The predicted octanol–water partition coefficient (Wildman–Crippen LogP) is 1.88. The van der Waals surface area contributed by atoms with Crippen LogP contribution in [0.1, 0.15) is 31.7 Å². The lowest BCUT2D eigenvalue weighted by molar-refractivity contribution is -0.125. The minimum absolute atomic E-state index is 0.0717. The average Bonchev–Trinajstić information content (AvgIpc) is 2.93. The maximum Gasteiger partial charge on any atom is 0.223 e. The minimum Gasteiger partial charge on any atom is -0.493 e. The number of amides is 1. The third-order valence-corrected chi connectivity index (χ3v) is 4.22. The van der Waals surface area contributed by atoms with Crippen LogP contribution in [0.5, 0.6) is 11.5 Å². The molecule has 0 spiro atoms. The number of benzene rings is 1. The van der Waals surface area contributed by atoms with Crippen molar-refractivity contribution in [3.8, 4) is 11.5 Å². The van der Waals surface area contributed by atoms with Crippen molar-refractivity contribution in [3.05, 3.63) is 23.8 Å². The highest BCUT2D eigenvalue weighted by Gasteiger charge is 2.28. The van der Waals surface area contributed by atoms with E-state index in [1.165, 1.54) is 0 Å². The lowest BCUT2D eigenvalue weighted by atomic mass is 10.0. The summed E-state index contributed by atoms with van der Waals surface area (Å²) in [6.45, 7) is 2.02. The number of nitrogens with one attached hydrogen (secondary N) is 1. The number of methoxy groups -OCH3 is 2. The van der Waals surface area contributed by atoms with Crippen LogP contribution in [0, 0.1) is 5.92 Å². The number of carbonyl (C=O) groups excluding carboxylic acids is 1. The largest absolute Gasteiger partial charge is 0.493 e. The number of carbonyl (C=O) groups is 1. The van der Waals surface area contributed by atoms with Crippen LogP contribution >= 0.6 is 0 Å². The van der Waals surface area contributed by atoms with Crippen LogP contribution in [-0.4, -0.2) is 32.2 Å². The van der Waals surface area contributed by atoms with Gasteiger partial charge < -0.3 is 20.5 Å². The molecule has 1 amide bonds. The third-order valence-electron chi connectivity index (χ3n) is 4.22. The van der Waals surface area contributed by atoms with Gasteiger partial charge in [0, 0.05) is 18.0 Å². The van der Waals surface area contributed by atoms with E-state index in [9.17, 15) is 4.79 Å². The highest BCUT2D eigenvalue weighted by molar-refractivity contribution is 5.79. The molecule has 5 nitrogen and oxygen atoms in total. The fourth-order valence-electron chi connectivity index (χ4n) is 3.03. The van der Waals surface area contributed by atoms with Crippen molar-refractivity contribution in [2.24, 2.45) is 11.7 Å². The molecule has 1 aromatic rings. The van der Waals surface area contributed by atoms with Gasteiger partial charge in [0.2, 0.25) is 5.91 Å². The smallest absolute Gasteiger partial charge is 0.223 e. The first-order valence-electron chi connectivity index (χ1n) is 7.80. The summed E-state index contributed by atoms with van der Waals surface area (Å²) in [6, 6.07) is 6.08. The van der Waals surface area contributed by atoms with Crippen molar-refractivity contribution in [2.75, 3.05) is 14.2 Å². The first-order chi connectivity index (χ1) is 10.5. The third kappa shape index (κ3) is 4.13. The molecule has 0 saturated heterocycles. The second-order valence-corrected chi connectivity index (χ2v) is 6.07. The second kappa shape index (κ2) is 7.49. The van der Waals surface area contributed by atoms with Crippen molar-refractivity contribution in [1.82, 2.24) is 5.32 Å². The molecule has 3 atom stereocenters. The molecule has 1 fully saturated rings. The maximum absolute atomic E-state index is 12.2. The highest BCUT2D eigenvalue weighted by Crippen LogP contribution is 2.28. The molecule has 0 radical (unpaired) electrons. The van der Waals surface area contributed by atoms with Gasteiger partial charge in [-0.15, -0.1) is 0 Å². The SMILES string of the molecule is COc1ccc(CC(C)NC(=O)C2CCC(N)C2)cc1OC. The Labute approximate surface area is 132 Å². The maximum atomic E-state index is 12.2. The number of hydrogen-bond acceptors (Lipinski definition) is 4. The zero-order chi connectivity index (χ0) is 16.1. The summed E-state index contributed by atoms with van der Waals surface area (Å²) in [6.07, 6.45) is 3.40. The molecule has 22 heavy (non-hydrogen) atoms. The van der Waals surface area contributed by atoms with Gasteiger partial charge in [0.05, 0.1) is 14.2 Å². The van der Waals surface area contributed by atoms with Crippen molar-refractivity contribution in [1.29, 1.82) is 0 Å². The van der Waals surface area contributed by atoms with Gasteiger partial charge >= 0.3 is 0 Å². The van der Waals surface area contributed by atoms with Crippen molar-refractivity contribution in [3.63, 3.8) is 0 Å². The van der Waals surface area contributed by atoms with E-state index in [0.717, 1.165) is 31.2 Å². The van der Waals surface area contributed by atoms with Gasteiger partial charge in [0.25, 0.3) is 0 Å². The molecule has 1 aliphatic rings. The molecular weight excluding hydrogens is 280 g/mol. The molecule has 0 bridgehead atoms. The van der Waals surface area contributed by atoms with Gasteiger partial charge in [-0.2, -0.15) is 0 Å².